The number of amides is 2. The van der Waals surface area contributed by atoms with Crippen molar-refractivity contribution < 1.29 is 31.5 Å². The van der Waals surface area contributed by atoms with Crippen LogP contribution in [0, 0.1) is 11.6 Å². The van der Waals surface area contributed by atoms with E-state index in [0.29, 0.717) is 42.2 Å². The lowest BCUT2D eigenvalue weighted by Gasteiger charge is -2.42. The Morgan fingerprint density at radius 1 is 1.00 bits per heavy atom. The molecule has 47 heavy (non-hydrogen) atoms. The molecule has 2 fully saturated rings. The summed E-state index contributed by atoms with van der Waals surface area (Å²) < 4.78 is 58.5. The van der Waals surface area contributed by atoms with Crippen LogP contribution >= 0.6 is 0 Å². The summed E-state index contributed by atoms with van der Waals surface area (Å²) in [6.07, 6.45) is 3.78. The maximum atomic E-state index is 15.2. The quantitative estimate of drug-likeness (QED) is 0.306. The molecule has 246 valence electrons. The van der Waals surface area contributed by atoms with Gasteiger partial charge in [0, 0.05) is 43.0 Å². The predicted octanol–water partition coefficient (Wildman–Crippen LogP) is 4.89. The average Bonchev–Trinajstić information content (AvgIpc) is 3.76. The first-order chi connectivity index (χ1) is 22.1. The molecule has 1 saturated heterocycles. The van der Waals surface area contributed by atoms with E-state index in [1.807, 2.05) is 31.7 Å². The Labute approximate surface area is 270 Å². The number of aromatic nitrogens is 3. The molecule has 1 saturated carbocycles. The SMILES string of the molecule is CC(C)(C)OC(=O)N1CCN(c2nc(-c3ccc4cnc(CNC(=O)c5cc(F)cc(S(C)(=O)=O)c5)cc4n3)ccc2F)CC12CC2. The highest BCUT2D eigenvalue weighted by Gasteiger charge is 2.54. The maximum Gasteiger partial charge on any atom is 0.410 e. The summed E-state index contributed by atoms with van der Waals surface area (Å²) in [6, 6.07) is 11.1. The van der Waals surface area contributed by atoms with Crippen molar-refractivity contribution in [2.24, 2.45) is 0 Å². The Morgan fingerprint density at radius 3 is 2.43 bits per heavy atom. The van der Waals surface area contributed by atoms with Gasteiger partial charge in [-0.25, -0.2) is 32.0 Å². The Morgan fingerprint density at radius 2 is 1.72 bits per heavy atom. The van der Waals surface area contributed by atoms with Gasteiger partial charge < -0.3 is 15.0 Å². The molecule has 1 aliphatic heterocycles. The van der Waals surface area contributed by atoms with Crippen LogP contribution in [0.1, 0.15) is 49.7 Å². The Balaban J connectivity index is 1.19. The zero-order valence-corrected chi connectivity index (χ0v) is 27.2. The number of anilines is 1. The fourth-order valence-corrected chi connectivity index (χ4v) is 6.27. The molecule has 11 nitrogen and oxygen atoms in total. The zero-order chi connectivity index (χ0) is 33.7. The van der Waals surface area contributed by atoms with Gasteiger partial charge in [0.05, 0.1) is 39.6 Å². The molecule has 0 radical (unpaired) electrons. The molecule has 2 amide bonds. The normalized spacial score (nSPS) is 16.0. The smallest absolute Gasteiger partial charge is 0.410 e. The first-order valence-electron chi connectivity index (χ1n) is 15.1. The summed E-state index contributed by atoms with van der Waals surface area (Å²) in [5, 5.41) is 3.36. The maximum absolute atomic E-state index is 15.2. The predicted molar refractivity (Wildman–Crippen MR) is 171 cm³/mol. The van der Waals surface area contributed by atoms with Crippen LogP contribution < -0.4 is 10.2 Å². The molecule has 14 heteroatoms. The van der Waals surface area contributed by atoms with Gasteiger partial charge in [-0.3, -0.25) is 14.7 Å². The molecule has 4 aromatic rings. The van der Waals surface area contributed by atoms with Gasteiger partial charge in [-0.05, 0) is 82.1 Å². The number of nitrogens with one attached hydrogen (secondary N) is 1. The van der Waals surface area contributed by atoms with Crippen molar-refractivity contribution in [2.45, 2.75) is 56.2 Å². The number of piperazine rings is 1. The summed E-state index contributed by atoms with van der Waals surface area (Å²) >= 11 is 0. The zero-order valence-electron chi connectivity index (χ0n) is 26.4. The Hall–Kier alpha value is -4.72. The van der Waals surface area contributed by atoms with Crippen molar-refractivity contribution in [3.63, 3.8) is 0 Å². The minimum atomic E-state index is -3.71. The number of hydrogen-bond donors (Lipinski definition) is 1. The topological polar surface area (TPSA) is 135 Å². The summed E-state index contributed by atoms with van der Waals surface area (Å²) in [5.74, 6) is -1.79. The highest BCUT2D eigenvalue weighted by Crippen LogP contribution is 2.46. The fraction of sp³-hybridized carbons (Fsp3) is 0.364. The molecule has 1 spiro atoms. The van der Waals surface area contributed by atoms with E-state index in [9.17, 15) is 22.4 Å². The number of carbonyl (C=O) groups is 2. The van der Waals surface area contributed by atoms with Crippen LogP contribution in [0.15, 0.2) is 59.6 Å². The molecule has 0 atom stereocenters. The second-order valence-electron chi connectivity index (χ2n) is 13.0. The summed E-state index contributed by atoms with van der Waals surface area (Å²) in [7, 11) is -3.71. The van der Waals surface area contributed by atoms with E-state index in [-0.39, 0.29) is 28.9 Å². The fourth-order valence-electron chi connectivity index (χ4n) is 5.61. The highest BCUT2D eigenvalue weighted by molar-refractivity contribution is 7.90. The van der Waals surface area contributed by atoms with Crippen LogP contribution in [-0.4, -0.2) is 77.3 Å². The number of pyridine rings is 3. The van der Waals surface area contributed by atoms with E-state index in [1.54, 1.807) is 29.3 Å². The number of fused-ring (bicyclic) bond motifs is 1. The lowest BCUT2D eigenvalue weighted by molar-refractivity contribution is 0.0106. The monoisotopic (exact) mass is 664 g/mol. The third-order valence-electron chi connectivity index (χ3n) is 8.10. The molecular weight excluding hydrogens is 630 g/mol. The average molecular weight is 665 g/mol. The lowest BCUT2D eigenvalue weighted by Crippen LogP contribution is -2.58. The van der Waals surface area contributed by atoms with Crippen LogP contribution in [0.5, 0.6) is 0 Å². The summed E-state index contributed by atoms with van der Waals surface area (Å²) in [5.41, 5.74) is 0.823. The molecule has 6 rings (SSSR count). The van der Waals surface area contributed by atoms with Gasteiger partial charge in [0.15, 0.2) is 21.5 Å². The van der Waals surface area contributed by atoms with E-state index in [1.165, 1.54) is 6.07 Å². The van der Waals surface area contributed by atoms with Gasteiger partial charge in [-0.2, -0.15) is 0 Å². The molecule has 0 unspecified atom stereocenters. The highest BCUT2D eigenvalue weighted by atomic mass is 32.2. The number of benzene rings is 1. The number of nitrogens with zero attached hydrogens (tertiary/aromatic N) is 5. The molecule has 0 bridgehead atoms. The number of carbonyl (C=O) groups excluding carboxylic acids is 2. The molecule has 3 aromatic heterocycles. The molecule has 1 aliphatic carbocycles. The van der Waals surface area contributed by atoms with E-state index in [0.717, 1.165) is 42.7 Å². The van der Waals surface area contributed by atoms with Gasteiger partial charge >= 0.3 is 6.09 Å². The van der Waals surface area contributed by atoms with Crippen molar-refractivity contribution in [3.05, 3.63) is 77.6 Å². The minimum Gasteiger partial charge on any atom is -0.444 e. The second-order valence-corrected chi connectivity index (χ2v) is 15.0. The van der Waals surface area contributed by atoms with Gasteiger partial charge in [-0.15, -0.1) is 0 Å². The van der Waals surface area contributed by atoms with Gasteiger partial charge in [0.2, 0.25) is 0 Å². The van der Waals surface area contributed by atoms with Crippen molar-refractivity contribution >= 4 is 38.6 Å². The van der Waals surface area contributed by atoms with E-state index >= 15 is 4.39 Å². The van der Waals surface area contributed by atoms with Crippen LogP contribution in [0.25, 0.3) is 22.3 Å². The molecule has 4 heterocycles. The molecule has 1 N–H and O–H groups in total. The van der Waals surface area contributed by atoms with Crippen LogP contribution in [0.3, 0.4) is 0 Å². The number of hydrogen-bond acceptors (Lipinski definition) is 9. The van der Waals surface area contributed by atoms with Gasteiger partial charge in [0.1, 0.15) is 11.4 Å². The third kappa shape index (κ3) is 7.02. The van der Waals surface area contributed by atoms with Crippen molar-refractivity contribution in [1.29, 1.82) is 0 Å². The third-order valence-corrected chi connectivity index (χ3v) is 9.20. The van der Waals surface area contributed by atoms with E-state index in [4.69, 9.17) is 9.72 Å². The van der Waals surface area contributed by atoms with Gasteiger partial charge in [-0.1, -0.05) is 0 Å². The lowest BCUT2D eigenvalue weighted by atomic mass is 10.1. The standard InChI is InChI=1S/C33H34F2N6O5S/c1-32(2,3)46-31(43)41-12-11-40(19-33(41)9-10-33)29-25(35)6-8-27(39-29)26-7-5-20-17-36-23(16-28(20)38-26)18-37-30(42)21-13-22(34)15-24(14-21)47(4,44)45/h5-8,13-17H,9-12,18-19H2,1-4H3,(H,37,42). The summed E-state index contributed by atoms with van der Waals surface area (Å²) in [4.78, 5) is 42.7. The van der Waals surface area contributed by atoms with Crippen LogP contribution in [0.2, 0.25) is 0 Å². The molecule has 1 aromatic carbocycles. The molecular formula is C33H34F2N6O5S. The minimum absolute atomic E-state index is 0.0264. The van der Waals surface area contributed by atoms with Crippen LogP contribution in [0.4, 0.5) is 19.4 Å². The second kappa shape index (κ2) is 11.8. The van der Waals surface area contributed by atoms with Crippen LogP contribution in [-0.2, 0) is 21.1 Å². The summed E-state index contributed by atoms with van der Waals surface area (Å²) in [6.45, 7) is 6.69. The van der Waals surface area contributed by atoms with Crippen molar-refractivity contribution in [2.75, 3.05) is 30.8 Å². The largest absolute Gasteiger partial charge is 0.444 e. The first-order valence-corrected chi connectivity index (χ1v) is 17.0. The van der Waals surface area contributed by atoms with Crippen molar-refractivity contribution in [1.82, 2.24) is 25.2 Å². The van der Waals surface area contributed by atoms with E-state index in [2.05, 4.69) is 15.3 Å². The Kier molecular flexibility index (Phi) is 8.10. The first kappa shape index (κ1) is 32.2. The number of rotatable bonds is 6. The number of halogens is 2. The van der Waals surface area contributed by atoms with Crippen molar-refractivity contribution in [3.8, 4) is 11.4 Å². The number of sulfone groups is 1. The van der Waals surface area contributed by atoms with Gasteiger partial charge in [0.25, 0.3) is 5.91 Å². The Bertz CT molecular complexity index is 2010. The molecule has 2 aliphatic rings. The van der Waals surface area contributed by atoms with E-state index < -0.39 is 38.5 Å². The number of ether oxygens (including phenoxy) is 1.